The van der Waals surface area contributed by atoms with E-state index in [0.29, 0.717) is 30.5 Å². The lowest BCUT2D eigenvalue weighted by Crippen LogP contribution is -2.02. The van der Waals surface area contributed by atoms with Gasteiger partial charge in [0.05, 0.1) is 18.9 Å². The molecule has 134 valence electrons. The Labute approximate surface area is 156 Å². The van der Waals surface area contributed by atoms with E-state index < -0.39 is 0 Å². The van der Waals surface area contributed by atoms with Gasteiger partial charge in [0.2, 0.25) is 5.88 Å². The van der Waals surface area contributed by atoms with Crippen LogP contribution in [0.15, 0.2) is 73.4 Å². The zero-order valence-electron chi connectivity index (χ0n) is 14.6. The average molecular weight is 358 g/mol. The second kappa shape index (κ2) is 7.65. The quantitative estimate of drug-likeness (QED) is 0.570. The van der Waals surface area contributed by atoms with Gasteiger partial charge in [-0.3, -0.25) is 9.67 Å². The number of aromatic nitrogens is 5. The van der Waals surface area contributed by atoms with E-state index in [0.717, 1.165) is 11.1 Å². The van der Waals surface area contributed by atoms with Crippen molar-refractivity contribution in [2.45, 2.75) is 13.2 Å². The molecule has 1 aromatic carbocycles. The third-order valence-electron chi connectivity index (χ3n) is 4.01. The Bertz CT molecular complexity index is 1020. The third kappa shape index (κ3) is 4.09. The largest absolute Gasteiger partial charge is 0.472 e. The number of benzene rings is 1. The van der Waals surface area contributed by atoms with Gasteiger partial charge >= 0.3 is 0 Å². The molecule has 0 fully saturated rings. The van der Waals surface area contributed by atoms with Crippen molar-refractivity contribution in [1.82, 2.24) is 24.7 Å². The number of hydrogen-bond acceptors (Lipinski definition) is 6. The van der Waals surface area contributed by atoms with Crippen LogP contribution in [0.3, 0.4) is 0 Å². The summed E-state index contributed by atoms with van der Waals surface area (Å²) < 4.78 is 7.49. The maximum absolute atomic E-state index is 6.08. The summed E-state index contributed by atoms with van der Waals surface area (Å²) in [5.41, 5.74) is 9.66. The fraction of sp³-hybridized carbons (Fsp3) is 0.100. The van der Waals surface area contributed by atoms with Crippen LogP contribution in [0, 0.1) is 0 Å². The fourth-order valence-corrected chi connectivity index (χ4v) is 2.66. The summed E-state index contributed by atoms with van der Waals surface area (Å²) in [5.74, 6) is 0.686. The predicted molar refractivity (Wildman–Crippen MR) is 102 cm³/mol. The van der Waals surface area contributed by atoms with Gasteiger partial charge in [-0.05, 0) is 23.3 Å². The summed E-state index contributed by atoms with van der Waals surface area (Å²) >= 11 is 0. The number of hydrogen-bond donors (Lipinski definition) is 1. The van der Waals surface area contributed by atoms with Crippen LogP contribution >= 0.6 is 0 Å². The van der Waals surface area contributed by atoms with Crippen LogP contribution in [0.2, 0.25) is 0 Å². The first-order valence-electron chi connectivity index (χ1n) is 8.49. The molecule has 0 saturated carbocycles. The summed E-state index contributed by atoms with van der Waals surface area (Å²) in [7, 11) is 0. The highest BCUT2D eigenvalue weighted by Crippen LogP contribution is 2.23. The van der Waals surface area contributed by atoms with E-state index in [2.05, 4.69) is 32.2 Å². The fourth-order valence-electron chi connectivity index (χ4n) is 2.66. The minimum Gasteiger partial charge on any atom is -0.472 e. The van der Waals surface area contributed by atoms with Crippen molar-refractivity contribution in [1.29, 1.82) is 0 Å². The van der Waals surface area contributed by atoms with Crippen molar-refractivity contribution < 1.29 is 4.74 Å². The molecule has 0 aliphatic carbocycles. The summed E-state index contributed by atoms with van der Waals surface area (Å²) in [6, 6.07) is 13.9. The Morgan fingerprint density at radius 1 is 0.963 bits per heavy atom. The highest BCUT2D eigenvalue weighted by Gasteiger charge is 2.11. The van der Waals surface area contributed by atoms with Crippen molar-refractivity contribution in [3.63, 3.8) is 0 Å². The highest BCUT2D eigenvalue weighted by atomic mass is 16.5. The van der Waals surface area contributed by atoms with E-state index >= 15 is 0 Å². The van der Waals surface area contributed by atoms with Crippen molar-refractivity contribution >= 4 is 5.82 Å². The van der Waals surface area contributed by atoms with Gasteiger partial charge in [0.25, 0.3) is 0 Å². The smallest absolute Gasteiger partial charge is 0.234 e. The van der Waals surface area contributed by atoms with E-state index in [1.54, 1.807) is 24.8 Å². The highest BCUT2D eigenvalue weighted by molar-refractivity contribution is 5.68. The second-order valence-electron chi connectivity index (χ2n) is 6.00. The second-order valence-corrected chi connectivity index (χ2v) is 6.00. The number of pyridine rings is 1. The summed E-state index contributed by atoms with van der Waals surface area (Å²) in [5, 5.41) is 4.38. The summed E-state index contributed by atoms with van der Waals surface area (Å²) in [6.07, 6.45) is 8.65. The monoisotopic (exact) mass is 358 g/mol. The zero-order chi connectivity index (χ0) is 18.5. The van der Waals surface area contributed by atoms with Crippen LogP contribution in [0.25, 0.3) is 11.3 Å². The minimum absolute atomic E-state index is 0.307. The van der Waals surface area contributed by atoms with Crippen molar-refractivity contribution in [2.24, 2.45) is 0 Å². The van der Waals surface area contributed by atoms with Gasteiger partial charge in [0, 0.05) is 24.2 Å². The first-order valence-corrected chi connectivity index (χ1v) is 8.49. The van der Waals surface area contributed by atoms with Gasteiger partial charge in [-0.1, -0.05) is 30.3 Å². The number of nitrogens with two attached hydrogens (primary N) is 1. The molecule has 0 bridgehead atoms. The molecule has 27 heavy (non-hydrogen) atoms. The number of nitrogens with zero attached hydrogens (tertiary/aromatic N) is 5. The van der Waals surface area contributed by atoms with Crippen LogP contribution in [0.4, 0.5) is 5.82 Å². The van der Waals surface area contributed by atoms with E-state index in [1.165, 1.54) is 5.56 Å². The molecule has 0 aliphatic rings. The molecular weight excluding hydrogens is 340 g/mol. The van der Waals surface area contributed by atoms with Gasteiger partial charge in [-0.15, -0.1) is 0 Å². The van der Waals surface area contributed by atoms with Gasteiger partial charge in [0.1, 0.15) is 12.3 Å². The number of nitrogen functional groups attached to an aromatic ring is 1. The third-order valence-corrected chi connectivity index (χ3v) is 4.01. The Kier molecular flexibility index (Phi) is 4.74. The first-order chi connectivity index (χ1) is 13.3. The maximum Gasteiger partial charge on any atom is 0.234 e. The molecule has 0 atom stereocenters. The molecular formula is C20H18N6O. The van der Waals surface area contributed by atoms with E-state index in [-0.39, 0.29) is 0 Å². The molecule has 2 N–H and O–H groups in total. The van der Waals surface area contributed by atoms with Crippen LogP contribution in [0.5, 0.6) is 5.88 Å². The maximum atomic E-state index is 6.08. The molecule has 3 heterocycles. The van der Waals surface area contributed by atoms with Crippen LogP contribution in [-0.4, -0.2) is 24.7 Å². The van der Waals surface area contributed by atoms with E-state index in [4.69, 9.17) is 10.5 Å². The molecule has 0 aliphatic heterocycles. The zero-order valence-corrected chi connectivity index (χ0v) is 14.6. The van der Waals surface area contributed by atoms with E-state index in [1.807, 2.05) is 41.2 Å². The van der Waals surface area contributed by atoms with E-state index in [9.17, 15) is 0 Å². The van der Waals surface area contributed by atoms with Crippen LogP contribution in [-0.2, 0) is 13.2 Å². The van der Waals surface area contributed by atoms with Gasteiger partial charge in [-0.25, -0.2) is 4.98 Å². The molecule has 0 radical (unpaired) electrons. The molecule has 4 aromatic rings. The molecule has 3 aromatic heterocycles. The lowest BCUT2D eigenvalue weighted by molar-refractivity contribution is 0.293. The Morgan fingerprint density at radius 2 is 1.78 bits per heavy atom. The molecule has 0 saturated heterocycles. The number of ether oxygens (including phenoxy) is 1. The summed E-state index contributed by atoms with van der Waals surface area (Å²) in [4.78, 5) is 12.7. The Balaban J connectivity index is 1.46. The predicted octanol–water partition coefficient (Wildman–Crippen LogP) is 2.94. The standard InChI is InChI=1S/C20H18N6O/c21-20-19(17-10-24-26(13-17)12-15-4-2-1-3-5-15)23-11-18(25-20)27-14-16-6-8-22-9-7-16/h1-11,13H,12,14H2,(H2,21,25). The molecule has 4 rings (SSSR count). The lowest BCUT2D eigenvalue weighted by atomic mass is 10.2. The molecule has 0 amide bonds. The molecule has 0 unspecified atom stereocenters. The Hall–Kier alpha value is -3.74. The molecule has 0 spiro atoms. The summed E-state index contributed by atoms with van der Waals surface area (Å²) in [6.45, 7) is 1.06. The van der Waals surface area contributed by atoms with Crippen LogP contribution < -0.4 is 10.5 Å². The normalized spacial score (nSPS) is 10.7. The van der Waals surface area contributed by atoms with Crippen LogP contribution in [0.1, 0.15) is 11.1 Å². The van der Waals surface area contributed by atoms with Gasteiger partial charge in [-0.2, -0.15) is 10.1 Å². The lowest BCUT2D eigenvalue weighted by Gasteiger charge is -2.07. The average Bonchev–Trinajstić information content (AvgIpc) is 3.16. The number of rotatable bonds is 6. The van der Waals surface area contributed by atoms with Crippen molar-refractivity contribution in [3.8, 4) is 17.1 Å². The number of anilines is 1. The SMILES string of the molecule is Nc1nc(OCc2ccncc2)cnc1-c1cnn(Cc2ccccc2)c1. The molecule has 7 heteroatoms. The Morgan fingerprint density at radius 3 is 2.56 bits per heavy atom. The van der Waals surface area contributed by atoms with Crippen molar-refractivity contribution in [3.05, 3.63) is 84.6 Å². The van der Waals surface area contributed by atoms with Gasteiger partial charge in [0.15, 0.2) is 5.82 Å². The molecule has 7 nitrogen and oxygen atoms in total. The van der Waals surface area contributed by atoms with Gasteiger partial charge < -0.3 is 10.5 Å². The minimum atomic E-state index is 0.307. The first kappa shape index (κ1) is 16.7. The topological polar surface area (TPSA) is 91.7 Å². The van der Waals surface area contributed by atoms with Crippen molar-refractivity contribution in [2.75, 3.05) is 5.73 Å².